The maximum Gasteiger partial charge on any atom is 0.303 e. The maximum absolute atomic E-state index is 12.6. The minimum Gasteiger partial charge on any atom is -0.481 e. The van der Waals surface area contributed by atoms with Crippen molar-refractivity contribution in [2.24, 2.45) is 0 Å². The molecule has 5 heteroatoms. The second-order valence-electron chi connectivity index (χ2n) is 7.46. The average molecular weight is 397 g/mol. The van der Waals surface area contributed by atoms with Crippen molar-refractivity contribution in [1.29, 1.82) is 0 Å². The van der Waals surface area contributed by atoms with Gasteiger partial charge in [0, 0.05) is 12.8 Å². The number of aliphatic carboxylic acids is 1. The summed E-state index contributed by atoms with van der Waals surface area (Å²) in [4.78, 5) is 23.1. The maximum atomic E-state index is 12.6. The smallest absolute Gasteiger partial charge is 0.303 e. The fraction of sp³-hybridized carbons (Fsp3) is 0.417. The molecule has 2 aromatic rings. The van der Waals surface area contributed by atoms with Gasteiger partial charge in [-0.25, -0.2) is 0 Å². The van der Waals surface area contributed by atoms with Crippen LogP contribution in [0.2, 0.25) is 0 Å². The normalized spacial score (nSPS) is 10.6. The Bertz CT molecular complexity index is 759. The molecule has 2 N–H and O–H groups in total. The lowest BCUT2D eigenvalue weighted by Gasteiger charge is -2.28. The van der Waals surface area contributed by atoms with Crippen LogP contribution in [0.4, 0.5) is 11.4 Å². The summed E-state index contributed by atoms with van der Waals surface area (Å²) in [6.45, 7) is 4.08. The van der Waals surface area contributed by atoms with E-state index in [0.717, 1.165) is 61.0 Å². The van der Waals surface area contributed by atoms with Gasteiger partial charge in [-0.05, 0) is 49.9 Å². The zero-order chi connectivity index (χ0) is 21.1. The lowest BCUT2D eigenvalue weighted by Crippen LogP contribution is -2.39. The lowest BCUT2D eigenvalue weighted by molar-refractivity contribution is -0.137. The number of anilines is 2. The number of carbonyl (C=O) groups is 2. The van der Waals surface area contributed by atoms with E-state index in [1.165, 1.54) is 0 Å². The molecule has 0 aliphatic carbocycles. The Balaban J connectivity index is 1.88. The van der Waals surface area contributed by atoms with Crippen LogP contribution < -0.4 is 10.4 Å². The minimum absolute atomic E-state index is 0.00221. The average Bonchev–Trinajstić information content (AvgIpc) is 2.69. The van der Waals surface area contributed by atoms with E-state index < -0.39 is 5.97 Å². The quantitative estimate of drug-likeness (QED) is 0.358. The van der Waals surface area contributed by atoms with Gasteiger partial charge in [0.1, 0.15) is 0 Å². The number of carboxylic acid groups (broad SMARTS) is 1. The Morgan fingerprint density at radius 1 is 0.759 bits per heavy atom. The van der Waals surface area contributed by atoms with Crippen LogP contribution in [0, 0.1) is 13.8 Å². The van der Waals surface area contributed by atoms with E-state index in [1.54, 1.807) is 0 Å². The highest BCUT2D eigenvalue weighted by molar-refractivity contribution is 5.81. The number of benzene rings is 2. The summed E-state index contributed by atoms with van der Waals surface area (Å²) in [5.74, 6) is -0.726. The molecular formula is C24H32N2O3. The first kappa shape index (κ1) is 22.5. The van der Waals surface area contributed by atoms with Gasteiger partial charge in [0.2, 0.25) is 5.91 Å². The Morgan fingerprint density at radius 2 is 1.21 bits per heavy atom. The number of amides is 1. The van der Waals surface area contributed by atoms with Crippen molar-refractivity contribution < 1.29 is 14.7 Å². The van der Waals surface area contributed by atoms with E-state index in [1.807, 2.05) is 67.4 Å². The summed E-state index contributed by atoms with van der Waals surface area (Å²) < 4.78 is 0. The van der Waals surface area contributed by atoms with Crippen molar-refractivity contribution in [3.63, 3.8) is 0 Å². The van der Waals surface area contributed by atoms with Crippen LogP contribution in [0.25, 0.3) is 0 Å². The Kier molecular flexibility index (Phi) is 9.22. The number of nitrogens with zero attached hydrogens (tertiary/aromatic N) is 1. The van der Waals surface area contributed by atoms with Crippen molar-refractivity contribution in [2.75, 3.05) is 5.01 Å². The molecule has 2 aromatic carbocycles. The second-order valence-corrected chi connectivity index (χ2v) is 7.46. The van der Waals surface area contributed by atoms with Gasteiger partial charge in [-0.3, -0.25) is 20.0 Å². The molecule has 0 unspecified atom stereocenters. The van der Waals surface area contributed by atoms with Crippen molar-refractivity contribution >= 4 is 23.3 Å². The number of hydrazine groups is 1. The molecule has 0 saturated heterocycles. The molecule has 0 aliphatic rings. The zero-order valence-electron chi connectivity index (χ0n) is 17.5. The van der Waals surface area contributed by atoms with Crippen LogP contribution in [0.1, 0.15) is 62.5 Å². The summed E-state index contributed by atoms with van der Waals surface area (Å²) >= 11 is 0. The number of rotatable bonds is 12. The van der Waals surface area contributed by atoms with Crippen LogP contribution in [0.3, 0.4) is 0 Å². The summed E-state index contributed by atoms with van der Waals surface area (Å²) in [6, 6.07) is 16.0. The Morgan fingerprint density at radius 3 is 1.69 bits per heavy atom. The van der Waals surface area contributed by atoms with Crippen molar-refractivity contribution in [3.05, 3.63) is 59.7 Å². The topological polar surface area (TPSA) is 69.6 Å². The minimum atomic E-state index is -0.728. The van der Waals surface area contributed by atoms with E-state index in [2.05, 4.69) is 5.43 Å². The highest BCUT2D eigenvalue weighted by Crippen LogP contribution is 2.28. The van der Waals surface area contributed by atoms with Crippen LogP contribution in [0.15, 0.2) is 48.5 Å². The zero-order valence-corrected chi connectivity index (χ0v) is 17.5. The Labute approximate surface area is 173 Å². The van der Waals surface area contributed by atoms with Gasteiger partial charge in [-0.2, -0.15) is 0 Å². The number of hydrogen-bond donors (Lipinski definition) is 2. The van der Waals surface area contributed by atoms with E-state index in [4.69, 9.17) is 5.11 Å². The van der Waals surface area contributed by atoms with Gasteiger partial charge < -0.3 is 5.11 Å². The van der Waals surface area contributed by atoms with Gasteiger partial charge in [0.05, 0.1) is 11.4 Å². The molecule has 0 spiro atoms. The molecule has 0 aromatic heterocycles. The Hall–Kier alpha value is -2.82. The van der Waals surface area contributed by atoms with Crippen molar-refractivity contribution in [3.8, 4) is 0 Å². The van der Waals surface area contributed by atoms with Gasteiger partial charge in [0.15, 0.2) is 0 Å². The first-order chi connectivity index (χ1) is 14.0. The van der Waals surface area contributed by atoms with Gasteiger partial charge in [-0.1, -0.05) is 62.1 Å². The number of carbonyl (C=O) groups excluding carboxylic acids is 1. The predicted molar refractivity (Wildman–Crippen MR) is 117 cm³/mol. The number of nitrogens with one attached hydrogen (secondary N) is 1. The van der Waals surface area contributed by atoms with Crippen LogP contribution >= 0.6 is 0 Å². The molecule has 156 valence electrons. The fourth-order valence-electron chi connectivity index (χ4n) is 3.33. The van der Waals surface area contributed by atoms with Gasteiger partial charge >= 0.3 is 5.97 Å². The first-order valence-electron chi connectivity index (χ1n) is 10.4. The number of unbranched alkanes of at least 4 members (excludes halogenated alkanes) is 5. The standard InChI is InChI=1S/C24H32N2O3/c1-19-13-9-11-15-21(19)26(22-16-12-10-14-20(22)2)25-23(27)17-7-5-3-4-6-8-18-24(28)29/h9-16H,3-8,17-18H2,1-2H3,(H,25,27)(H,28,29). The molecule has 0 atom stereocenters. The number of hydrogen-bond acceptors (Lipinski definition) is 3. The van der Waals surface area contributed by atoms with E-state index in [9.17, 15) is 9.59 Å². The molecular weight excluding hydrogens is 364 g/mol. The molecule has 0 saturated carbocycles. The SMILES string of the molecule is Cc1ccccc1N(NC(=O)CCCCCCCCC(=O)O)c1ccccc1C. The first-order valence-corrected chi connectivity index (χ1v) is 10.4. The van der Waals surface area contributed by atoms with E-state index in [0.29, 0.717) is 6.42 Å². The van der Waals surface area contributed by atoms with E-state index in [-0.39, 0.29) is 12.3 Å². The highest BCUT2D eigenvalue weighted by atomic mass is 16.4. The van der Waals surface area contributed by atoms with Gasteiger partial charge in [0.25, 0.3) is 0 Å². The highest BCUT2D eigenvalue weighted by Gasteiger charge is 2.16. The van der Waals surface area contributed by atoms with Crippen molar-refractivity contribution in [2.45, 2.75) is 65.2 Å². The third-order valence-electron chi connectivity index (χ3n) is 4.99. The monoisotopic (exact) mass is 396 g/mol. The molecule has 0 radical (unpaired) electrons. The van der Waals surface area contributed by atoms with Crippen molar-refractivity contribution in [1.82, 2.24) is 5.43 Å². The predicted octanol–water partition coefficient (Wildman–Crippen LogP) is 5.68. The fourth-order valence-corrected chi connectivity index (χ4v) is 3.33. The summed E-state index contributed by atoms with van der Waals surface area (Å²) in [7, 11) is 0. The molecule has 0 aliphatic heterocycles. The third kappa shape index (κ3) is 7.60. The second kappa shape index (κ2) is 11.9. The largest absolute Gasteiger partial charge is 0.481 e. The lowest BCUT2D eigenvalue weighted by atomic mass is 10.1. The summed E-state index contributed by atoms with van der Waals surface area (Å²) in [6.07, 6.45) is 6.26. The molecule has 2 rings (SSSR count). The molecule has 5 nitrogen and oxygen atoms in total. The van der Waals surface area contributed by atoms with Crippen LogP contribution in [-0.4, -0.2) is 17.0 Å². The molecule has 1 amide bonds. The molecule has 0 heterocycles. The number of para-hydroxylation sites is 2. The third-order valence-corrected chi connectivity index (χ3v) is 4.99. The molecule has 0 fully saturated rings. The summed E-state index contributed by atoms with van der Waals surface area (Å²) in [5.41, 5.74) is 7.21. The molecule has 29 heavy (non-hydrogen) atoms. The van der Waals surface area contributed by atoms with Gasteiger partial charge in [-0.15, -0.1) is 0 Å². The summed E-state index contributed by atoms with van der Waals surface area (Å²) in [5, 5.41) is 10.5. The molecule has 0 bridgehead atoms. The number of carboxylic acids is 1. The van der Waals surface area contributed by atoms with Crippen LogP contribution in [-0.2, 0) is 9.59 Å². The van der Waals surface area contributed by atoms with E-state index >= 15 is 0 Å². The van der Waals surface area contributed by atoms with Crippen LogP contribution in [0.5, 0.6) is 0 Å². The number of aryl methyl sites for hydroxylation is 2.